The summed E-state index contributed by atoms with van der Waals surface area (Å²) in [7, 11) is 0. The van der Waals surface area contributed by atoms with Crippen LogP contribution in [0.5, 0.6) is 0 Å². The van der Waals surface area contributed by atoms with Crippen LogP contribution in [0.25, 0.3) is 0 Å². The number of rotatable bonds is 3. The van der Waals surface area contributed by atoms with Gasteiger partial charge in [-0.1, -0.05) is 42.8 Å². The van der Waals surface area contributed by atoms with Gasteiger partial charge in [0.2, 0.25) is 0 Å². The van der Waals surface area contributed by atoms with Gasteiger partial charge in [-0.05, 0) is 74.3 Å². The second-order valence-electron chi connectivity index (χ2n) is 7.28. The predicted molar refractivity (Wildman–Crippen MR) is 88.4 cm³/mol. The summed E-state index contributed by atoms with van der Waals surface area (Å²) in [6.45, 7) is 4.49. The average Bonchev–Trinajstić information content (AvgIpc) is 2.46. The van der Waals surface area contributed by atoms with Gasteiger partial charge in [-0.25, -0.2) is 0 Å². The van der Waals surface area contributed by atoms with Crippen LogP contribution in [0.2, 0.25) is 0 Å². The standard InChI is InChI=1S/C20H28O/c1-14-10-15(2)12-18(11-14)20(21)13-17-8-5-7-16-6-3-4-9-19(16)17/h3-4,6,9-10,14,17-18,20-21H,5,7-8,11-13H2,1-2H3. The highest BCUT2D eigenvalue weighted by molar-refractivity contribution is 5.32. The van der Waals surface area contributed by atoms with Crippen molar-refractivity contribution >= 4 is 0 Å². The molecule has 0 spiro atoms. The number of hydrogen-bond acceptors (Lipinski definition) is 1. The molecule has 0 saturated carbocycles. The summed E-state index contributed by atoms with van der Waals surface area (Å²) in [5.41, 5.74) is 4.47. The summed E-state index contributed by atoms with van der Waals surface area (Å²) in [5.74, 6) is 1.64. The summed E-state index contributed by atoms with van der Waals surface area (Å²) in [4.78, 5) is 0. The topological polar surface area (TPSA) is 20.2 Å². The van der Waals surface area contributed by atoms with Crippen LogP contribution in [0.1, 0.15) is 63.0 Å². The number of allylic oxidation sites excluding steroid dienone is 2. The van der Waals surface area contributed by atoms with E-state index in [4.69, 9.17) is 0 Å². The Morgan fingerprint density at radius 1 is 1.29 bits per heavy atom. The molecule has 4 atom stereocenters. The van der Waals surface area contributed by atoms with Crippen molar-refractivity contribution in [3.8, 4) is 0 Å². The highest BCUT2D eigenvalue weighted by Gasteiger charge is 2.29. The molecule has 1 aromatic carbocycles. The Bertz CT molecular complexity index is 516. The van der Waals surface area contributed by atoms with Crippen LogP contribution < -0.4 is 0 Å². The lowest BCUT2D eigenvalue weighted by molar-refractivity contribution is 0.0763. The van der Waals surface area contributed by atoms with E-state index in [9.17, 15) is 5.11 Å². The molecule has 1 aromatic rings. The minimum absolute atomic E-state index is 0.146. The number of aliphatic hydroxyl groups is 1. The predicted octanol–water partition coefficient (Wildman–Crippen LogP) is 4.85. The molecular weight excluding hydrogens is 256 g/mol. The fourth-order valence-electron chi connectivity index (χ4n) is 4.47. The zero-order chi connectivity index (χ0) is 14.8. The van der Waals surface area contributed by atoms with Gasteiger partial charge in [-0.15, -0.1) is 0 Å². The van der Waals surface area contributed by atoms with Crippen molar-refractivity contribution in [2.45, 2.75) is 64.4 Å². The van der Waals surface area contributed by atoms with Crippen molar-refractivity contribution in [2.75, 3.05) is 0 Å². The lowest BCUT2D eigenvalue weighted by Crippen LogP contribution is -2.28. The van der Waals surface area contributed by atoms with Gasteiger partial charge in [0, 0.05) is 0 Å². The van der Waals surface area contributed by atoms with Crippen LogP contribution in [0.15, 0.2) is 35.9 Å². The molecular formula is C20H28O. The molecule has 0 saturated heterocycles. The zero-order valence-corrected chi connectivity index (χ0v) is 13.4. The van der Waals surface area contributed by atoms with E-state index < -0.39 is 0 Å². The fraction of sp³-hybridized carbons (Fsp3) is 0.600. The van der Waals surface area contributed by atoms with Crippen LogP contribution in [0.4, 0.5) is 0 Å². The Morgan fingerprint density at radius 2 is 2.10 bits per heavy atom. The molecule has 114 valence electrons. The van der Waals surface area contributed by atoms with Gasteiger partial charge in [0.05, 0.1) is 6.10 Å². The first-order chi connectivity index (χ1) is 10.1. The highest BCUT2D eigenvalue weighted by atomic mass is 16.3. The summed E-state index contributed by atoms with van der Waals surface area (Å²) in [6, 6.07) is 8.84. The number of hydrogen-bond donors (Lipinski definition) is 1. The van der Waals surface area contributed by atoms with Gasteiger partial charge < -0.3 is 5.11 Å². The first-order valence-corrected chi connectivity index (χ1v) is 8.56. The van der Waals surface area contributed by atoms with Gasteiger partial charge in [-0.2, -0.15) is 0 Å². The van der Waals surface area contributed by atoms with E-state index in [0.29, 0.717) is 17.8 Å². The lowest BCUT2D eigenvalue weighted by Gasteiger charge is -2.33. The van der Waals surface area contributed by atoms with E-state index in [0.717, 1.165) is 19.3 Å². The Morgan fingerprint density at radius 3 is 2.90 bits per heavy atom. The summed E-state index contributed by atoms with van der Waals surface area (Å²) in [6.07, 6.45) is 9.13. The fourth-order valence-corrected chi connectivity index (χ4v) is 4.47. The molecule has 0 amide bonds. The quantitative estimate of drug-likeness (QED) is 0.787. The Labute approximate surface area is 129 Å². The SMILES string of the molecule is CC1=CC(C)CC(C(O)CC2CCCc3ccccc32)C1. The molecule has 3 rings (SSSR count). The van der Waals surface area contributed by atoms with Crippen LogP contribution in [0, 0.1) is 11.8 Å². The second-order valence-corrected chi connectivity index (χ2v) is 7.28. The Balaban J connectivity index is 1.69. The largest absolute Gasteiger partial charge is 0.393 e. The van der Waals surface area contributed by atoms with Crippen LogP contribution >= 0.6 is 0 Å². The van der Waals surface area contributed by atoms with E-state index in [1.807, 2.05) is 0 Å². The molecule has 1 heteroatoms. The second kappa shape index (κ2) is 6.36. The highest BCUT2D eigenvalue weighted by Crippen LogP contribution is 2.38. The van der Waals surface area contributed by atoms with Crippen molar-refractivity contribution < 1.29 is 5.11 Å². The minimum atomic E-state index is -0.146. The van der Waals surface area contributed by atoms with Gasteiger partial charge >= 0.3 is 0 Å². The van der Waals surface area contributed by atoms with Crippen molar-refractivity contribution in [1.29, 1.82) is 0 Å². The molecule has 0 aliphatic heterocycles. The maximum absolute atomic E-state index is 10.8. The number of aliphatic hydroxyl groups excluding tert-OH is 1. The van der Waals surface area contributed by atoms with Gasteiger partial charge in [0.25, 0.3) is 0 Å². The molecule has 21 heavy (non-hydrogen) atoms. The van der Waals surface area contributed by atoms with Crippen molar-refractivity contribution in [1.82, 2.24) is 0 Å². The van der Waals surface area contributed by atoms with E-state index >= 15 is 0 Å². The zero-order valence-electron chi connectivity index (χ0n) is 13.4. The number of benzene rings is 1. The van der Waals surface area contributed by atoms with Gasteiger partial charge in [0.15, 0.2) is 0 Å². The molecule has 1 nitrogen and oxygen atoms in total. The Hall–Kier alpha value is -1.08. The summed E-state index contributed by atoms with van der Waals surface area (Å²) >= 11 is 0. The van der Waals surface area contributed by atoms with E-state index in [-0.39, 0.29) is 6.10 Å². The van der Waals surface area contributed by atoms with Crippen LogP contribution in [0.3, 0.4) is 0 Å². The van der Waals surface area contributed by atoms with Crippen molar-refractivity contribution in [3.05, 3.63) is 47.0 Å². The third-order valence-corrected chi connectivity index (χ3v) is 5.39. The first-order valence-electron chi connectivity index (χ1n) is 8.56. The van der Waals surface area contributed by atoms with Gasteiger partial charge in [-0.3, -0.25) is 0 Å². The molecule has 1 N–H and O–H groups in total. The third-order valence-electron chi connectivity index (χ3n) is 5.39. The lowest BCUT2D eigenvalue weighted by atomic mass is 9.74. The number of aryl methyl sites for hydroxylation is 1. The summed E-state index contributed by atoms with van der Waals surface area (Å²) < 4.78 is 0. The molecule has 0 radical (unpaired) electrons. The van der Waals surface area contributed by atoms with Crippen LogP contribution in [-0.4, -0.2) is 11.2 Å². The normalized spacial score (nSPS) is 30.4. The minimum Gasteiger partial charge on any atom is -0.393 e. The van der Waals surface area contributed by atoms with Crippen molar-refractivity contribution in [2.24, 2.45) is 11.8 Å². The molecule has 2 aliphatic rings. The molecule has 0 aromatic heterocycles. The molecule has 4 unspecified atom stereocenters. The first kappa shape index (κ1) is 14.8. The molecule has 0 heterocycles. The monoisotopic (exact) mass is 284 g/mol. The van der Waals surface area contributed by atoms with Gasteiger partial charge in [0.1, 0.15) is 0 Å². The van der Waals surface area contributed by atoms with Crippen LogP contribution in [-0.2, 0) is 6.42 Å². The maximum Gasteiger partial charge on any atom is 0.0577 e. The van der Waals surface area contributed by atoms with E-state index in [1.165, 1.54) is 36.0 Å². The molecule has 0 fully saturated rings. The molecule has 2 aliphatic carbocycles. The van der Waals surface area contributed by atoms with Crippen molar-refractivity contribution in [3.63, 3.8) is 0 Å². The molecule has 0 bridgehead atoms. The third kappa shape index (κ3) is 3.40. The summed E-state index contributed by atoms with van der Waals surface area (Å²) in [5, 5.41) is 10.8. The maximum atomic E-state index is 10.8. The Kier molecular flexibility index (Phi) is 4.49. The van der Waals surface area contributed by atoms with E-state index in [1.54, 1.807) is 0 Å². The smallest absolute Gasteiger partial charge is 0.0577 e. The average molecular weight is 284 g/mol. The van der Waals surface area contributed by atoms with E-state index in [2.05, 4.69) is 44.2 Å². The number of fused-ring (bicyclic) bond motifs is 1.